The van der Waals surface area contributed by atoms with Gasteiger partial charge >= 0.3 is 6.03 Å². The monoisotopic (exact) mass is 221 g/mol. The van der Waals surface area contributed by atoms with Gasteiger partial charge in [-0.15, -0.1) is 0 Å². The van der Waals surface area contributed by atoms with Gasteiger partial charge in [0.25, 0.3) is 0 Å². The van der Waals surface area contributed by atoms with Crippen molar-refractivity contribution in [2.45, 2.75) is 19.9 Å². The standard InChI is InChI=1S/C11H15N3O2/c1-7-4-3-5-9(6-7)13-8(2)10(15)14-11(12)16/h3-6,8,13H,1-2H3,(H3,12,14,15,16). The zero-order valence-electron chi connectivity index (χ0n) is 9.28. The number of nitrogens with one attached hydrogen (secondary N) is 2. The minimum atomic E-state index is -0.845. The van der Waals surface area contributed by atoms with Crippen LogP contribution in [0.4, 0.5) is 10.5 Å². The van der Waals surface area contributed by atoms with Crippen molar-refractivity contribution >= 4 is 17.6 Å². The first-order chi connectivity index (χ1) is 7.49. The van der Waals surface area contributed by atoms with E-state index in [0.717, 1.165) is 11.3 Å². The summed E-state index contributed by atoms with van der Waals surface area (Å²) in [6.07, 6.45) is 0. The second-order valence-electron chi connectivity index (χ2n) is 3.59. The van der Waals surface area contributed by atoms with Crippen molar-refractivity contribution in [3.63, 3.8) is 0 Å². The van der Waals surface area contributed by atoms with Crippen molar-refractivity contribution < 1.29 is 9.59 Å². The van der Waals surface area contributed by atoms with Crippen molar-refractivity contribution in [3.8, 4) is 0 Å². The van der Waals surface area contributed by atoms with E-state index < -0.39 is 18.0 Å². The maximum atomic E-state index is 11.4. The van der Waals surface area contributed by atoms with E-state index in [1.165, 1.54) is 0 Å². The molecule has 0 spiro atoms. The van der Waals surface area contributed by atoms with Crippen molar-refractivity contribution in [1.29, 1.82) is 0 Å². The van der Waals surface area contributed by atoms with Gasteiger partial charge < -0.3 is 11.1 Å². The Kier molecular flexibility index (Phi) is 3.88. The lowest BCUT2D eigenvalue weighted by Crippen LogP contribution is -2.43. The highest BCUT2D eigenvalue weighted by Gasteiger charge is 2.13. The Morgan fingerprint density at radius 1 is 1.38 bits per heavy atom. The first-order valence-electron chi connectivity index (χ1n) is 4.92. The van der Waals surface area contributed by atoms with Crippen LogP contribution in [-0.4, -0.2) is 18.0 Å². The predicted molar refractivity (Wildman–Crippen MR) is 62.0 cm³/mol. The largest absolute Gasteiger partial charge is 0.374 e. The van der Waals surface area contributed by atoms with Crippen LogP contribution in [0, 0.1) is 6.92 Å². The molecular formula is C11H15N3O2. The van der Waals surface area contributed by atoms with E-state index >= 15 is 0 Å². The second-order valence-corrected chi connectivity index (χ2v) is 3.59. The SMILES string of the molecule is Cc1cccc(NC(C)C(=O)NC(N)=O)c1. The van der Waals surface area contributed by atoms with Crippen LogP contribution in [0.1, 0.15) is 12.5 Å². The smallest absolute Gasteiger partial charge is 0.318 e. The molecule has 0 fully saturated rings. The Bertz CT molecular complexity index is 404. The zero-order chi connectivity index (χ0) is 12.1. The normalized spacial score (nSPS) is 11.6. The summed E-state index contributed by atoms with van der Waals surface area (Å²) in [6, 6.07) is 6.24. The number of carbonyl (C=O) groups excluding carboxylic acids is 2. The summed E-state index contributed by atoms with van der Waals surface area (Å²) in [5, 5.41) is 4.98. The van der Waals surface area contributed by atoms with E-state index in [0.29, 0.717) is 0 Å². The van der Waals surface area contributed by atoms with Crippen molar-refractivity contribution in [2.75, 3.05) is 5.32 Å². The van der Waals surface area contributed by atoms with Gasteiger partial charge in [0.1, 0.15) is 6.04 Å². The van der Waals surface area contributed by atoms with E-state index in [9.17, 15) is 9.59 Å². The number of rotatable bonds is 3. The average Bonchev–Trinajstić information content (AvgIpc) is 2.16. The molecule has 0 aliphatic carbocycles. The van der Waals surface area contributed by atoms with Gasteiger partial charge in [-0.25, -0.2) is 4.79 Å². The lowest BCUT2D eigenvalue weighted by atomic mass is 10.2. The van der Waals surface area contributed by atoms with Crippen LogP contribution in [0.5, 0.6) is 0 Å². The highest BCUT2D eigenvalue weighted by molar-refractivity contribution is 5.97. The summed E-state index contributed by atoms with van der Waals surface area (Å²) < 4.78 is 0. The van der Waals surface area contributed by atoms with Gasteiger partial charge in [0.15, 0.2) is 0 Å². The molecule has 1 rings (SSSR count). The molecule has 1 unspecified atom stereocenters. The zero-order valence-corrected chi connectivity index (χ0v) is 9.28. The third-order valence-electron chi connectivity index (χ3n) is 2.04. The molecule has 0 heterocycles. The van der Waals surface area contributed by atoms with Gasteiger partial charge in [-0.05, 0) is 31.5 Å². The Labute approximate surface area is 94.0 Å². The highest BCUT2D eigenvalue weighted by Crippen LogP contribution is 2.10. The molecule has 4 N–H and O–H groups in total. The minimum absolute atomic E-state index is 0.450. The third kappa shape index (κ3) is 3.61. The summed E-state index contributed by atoms with van der Waals surface area (Å²) >= 11 is 0. The molecular weight excluding hydrogens is 206 g/mol. The molecule has 0 aliphatic heterocycles. The third-order valence-corrected chi connectivity index (χ3v) is 2.04. The first kappa shape index (κ1) is 12.0. The number of hydrogen-bond donors (Lipinski definition) is 3. The average molecular weight is 221 g/mol. The quantitative estimate of drug-likeness (QED) is 0.711. The molecule has 16 heavy (non-hydrogen) atoms. The van der Waals surface area contributed by atoms with E-state index in [-0.39, 0.29) is 0 Å². The summed E-state index contributed by atoms with van der Waals surface area (Å²) in [5.41, 5.74) is 6.77. The Hall–Kier alpha value is -2.04. The molecule has 1 aromatic rings. The number of urea groups is 1. The molecule has 86 valence electrons. The lowest BCUT2D eigenvalue weighted by Gasteiger charge is -2.14. The van der Waals surface area contributed by atoms with Gasteiger partial charge in [-0.2, -0.15) is 0 Å². The summed E-state index contributed by atoms with van der Waals surface area (Å²) in [7, 11) is 0. The Balaban J connectivity index is 2.60. The molecule has 0 radical (unpaired) electrons. The van der Waals surface area contributed by atoms with Crippen LogP contribution in [0.3, 0.4) is 0 Å². The maximum absolute atomic E-state index is 11.4. The fourth-order valence-corrected chi connectivity index (χ4v) is 1.28. The molecule has 5 heteroatoms. The van der Waals surface area contributed by atoms with Crippen LogP contribution in [0.2, 0.25) is 0 Å². The molecule has 5 nitrogen and oxygen atoms in total. The van der Waals surface area contributed by atoms with Crippen LogP contribution < -0.4 is 16.4 Å². The molecule has 3 amide bonds. The number of amides is 3. The van der Waals surface area contributed by atoms with Crippen LogP contribution in [-0.2, 0) is 4.79 Å². The van der Waals surface area contributed by atoms with Crippen LogP contribution in [0.15, 0.2) is 24.3 Å². The number of hydrogen-bond acceptors (Lipinski definition) is 3. The molecule has 0 aliphatic rings. The molecule has 0 bridgehead atoms. The Morgan fingerprint density at radius 3 is 2.62 bits per heavy atom. The summed E-state index contributed by atoms with van der Waals surface area (Å²) in [6.45, 7) is 3.61. The van der Waals surface area contributed by atoms with E-state index in [1.807, 2.05) is 36.5 Å². The van der Waals surface area contributed by atoms with E-state index in [1.54, 1.807) is 6.92 Å². The van der Waals surface area contributed by atoms with Gasteiger partial charge in [-0.3, -0.25) is 10.1 Å². The number of anilines is 1. The number of primary amides is 1. The molecule has 0 aromatic heterocycles. The summed E-state index contributed by atoms with van der Waals surface area (Å²) in [4.78, 5) is 21.9. The van der Waals surface area contributed by atoms with Gasteiger partial charge in [0.05, 0.1) is 0 Å². The van der Waals surface area contributed by atoms with Crippen LogP contribution >= 0.6 is 0 Å². The topological polar surface area (TPSA) is 84.2 Å². The van der Waals surface area contributed by atoms with Crippen molar-refractivity contribution in [3.05, 3.63) is 29.8 Å². The van der Waals surface area contributed by atoms with Crippen LogP contribution in [0.25, 0.3) is 0 Å². The van der Waals surface area contributed by atoms with Gasteiger partial charge in [-0.1, -0.05) is 12.1 Å². The molecule has 0 saturated carbocycles. The molecule has 0 saturated heterocycles. The van der Waals surface area contributed by atoms with Gasteiger partial charge in [0.2, 0.25) is 5.91 Å². The number of nitrogens with two attached hydrogens (primary N) is 1. The summed E-state index contributed by atoms with van der Waals surface area (Å²) in [5.74, 6) is -0.450. The predicted octanol–water partition coefficient (Wildman–Crippen LogP) is 0.990. The highest BCUT2D eigenvalue weighted by atomic mass is 16.2. The number of carbonyl (C=O) groups is 2. The fourth-order valence-electron chi connectivity index (χ4n) is 1.28. The van der Waals surface area contributed by atoms with Gasteiger partial charge in [0, 0.05) is 5.69 Å². The van der Waals surface area contributed by atoms with E-state index in [2.05, 4.69) is 5.32 Å². The molecule has 1 atom stereocenters. The number of benzene rings is 1. The first-order valence-corrected chi connectivity index (χ1v) is 4.92. The minimum Gasteiger partial charge on any atom is -0.374 e. The number of imide groups is 1. The number of aryl methyl sites for hydroxylation is 1. The van der Waals surface area contributed by atoms with Crippen molar-refractivity contribution in [2.24, 2.45) is 5.73 Å². The van der Waals surface area contributed by atoms with Crippen molar-refractivity contribution in [1.82, 2.24) is 5.32 Å². The second kappa shape index (κ2) is 5.16. The van der Waals surface area contributed by atoms with E-state index in [4.69, 9.17) is 5.73 Å². The molecule has 1 aromatic carbocycles. The lowest BCUT2D eigenvalue weighted by molar-refractivity contribution is -0.120. The Morgan fingerprint density at radius 2 is 2.06 bits per heavy atom. The fraction of sp³-hybridized carbons (Fsp3) is 0.273. The maximum Gasteiger partial charge on any atom is 0.318 e.